The van der Waals surface area contributed by atoms with Gasteiger partial charge in [0.1, 0.15) is 5.03 Å². The van der Waals surface area contributed by atoms with Crippen LogP contribution in [0, 0.1) is 0 Å². The summed E-state index contributed by atoms with van der Waals surface area (Å²) >= 11 is 4.58. The van der Waals surface area contributed by atoms with E-state index >= 15 is 0 Å². The molecule has 2 aromatic heterocycles. The molecule has 142 valence electrons. The van der Waals surface area contributed by atoms with E-state index in [0.717, 1.165) is 10.0 Å². The second kappa shape index (κ2) is 10.0. The first-order valence-corrected chi connectivity index (χ1v) is 10.2. The first kappa shape index (κ1) is 20.0. The number of nitrogens with one attached hydrogen (secondary N) is 2. The highest BCUT2D eigenvalue weighted by atomic mass is 79.9. The molecule has 6 nitrogen and oxygen atoms in total. The summed E-state index contributed by atoms with van der Waals surface area (Å²) in [4.78, 5) is 33.0. The predicted octanol–water partition coefficient (Wildman–Crippen LogP) is 3.90. The minimum absolute atomic E-state index is 0.149. The largest absolute Gasteiger partial charge is 0.348 e. The number of amides is 2. The Labute approximate surface area is 175 Å². The van der Waals surface area contributed by atoms with Gasteiger partial charge in [0.15, 0.2) is 0 Å². The Kier molecular flexibility index (Phi) is 7.16. The van der Waals surface area contributed by atoms with Gasteiger partial charge in [0.2, 0.25) is 5.91 Å². The lowest BCUT2D eigenvalue weighted by atomic mass is 10.2. The lowest BCUT2D eigenvalue weighted by Crippen LogP contribution is -2.24. The van der Waals surface area contributed by atoms with Gasteiger partial charge in [0, 0.05) is 35.3 Å². The van der Waals surface area contributed by atoms with E-state index in [1.807, 2.05) is 36.4 Å². The Morgan fingerprint density at radius 2 is 1.82 bits per heavy atom. The lowest BCUT2D eigenvalue weighted by Gasteiger charge is -2.09. The second-order valence-corrected chi connectivity index (χ2v) is 7.62. The lowest BCUT2D eigenvalue weighted by molar-refractivity contribution is -0.113. The zero-order chi connectivity index (χ0) is 19.8. The normalized spacial score (nSPS) is 10.3. The smallest absolute Gasteiger partial charge is 0.254 e. The molecule has 0 aliphatic carbocycles. The topological polar surface area (TPSA) is 84.0 Å². The van der Waals surface area contributed by atoms with Crippen LogP contribution in [0.4, 0.5) is 5.69 Å². The standard InChI is InChI=1S/C20H17BrN4O2S/c21-15-5-7-16(8-6-15)25-18(26)13-28-20-17(4-2-10-23-20)19(27)24-12-14-3-1-9-22-11-14/h1-11H,12-13H2,(H,24,27)(H,25,26). The molecule has 2 amide bonds. The number of hydrogen-bond donors (Lipinski definition) is 2. The summed E-state index contributed by atoms with van der Waals surface area (Å²) in [6, 6.07) is 14.4. The number of pyridine rings is 2. The van der Waals surface area contributed by atoms with Crippen molar-refractivity contribution in [2.45, 2.75) is 11.6 Å². The molecule has 0 radical (unpaired) electrons. The third-order valence-electron chi connectivity index (χ3n) is 3.66. The Hall–Kier alpha value is -2.71. The van der Waals surface area contributed by atoms with Gasteiger partial charge in [-0.2, -0.15) is 0 Å². The van der Waals surface area contributed by atoms with Crippen molar-refractivity contribution in [2.75, 3.05) is 11.1 Å². The van der Waals surface area contributed by atoms with Crippen LogP contribution in [0.25, 0.3) is 0 Å². The summed E-state index contributed by atoms with van der Waals surface area (Å²) in [5.74, 6) is -0.261. The number of anilines is 1. The molecule has 0 bridgehead atoms. The van der Waals surface area contributed by atoms with E-state index < -0.39 is 0 Å². The molecule has 28 heavy (non-hydrogen) atoms. The molecule has 0 aliphatic rings. The molecule has 0 saturated carbocycles. The van der Waals surface area contributed by atoms with Crippen molar-refractivity contribution in [3.8, 4) is 0 Å². The minimum Gasteiger partial charge on any atom is -0.348 e. The zero-order valence-electron chi connectivity index (χ0n) is 14.8. The molecule has 0 saturated heterocycles. The molecule has 0 spiro atoms. The van der Waals surface area contributed by atoms with Crippen LogP contribution in [0.5, 0.6) is 0 Å². The van der Waals surface area contributed by atoms with Crippen LogP contribution in [0.1, 0.15) is 15.9 Å². The fourth-order valence-electron chi connectivity index (χ4n) is 2.32. The van der Waals surface area contributed by atoms with Gasteiger partial charge in [0.25, 0.3) is 5.91 Å². The number of halogens is 1. The van der Waals surface area contributed by atoms with Gasteiger partial charge in [-0.3, -0.25) is 14.6 Å². The number of rotatable bonds is 7. The van der Waals surface area contributed by atoms with E-state index in [4.69, 9.17) is 0 Å². The Morgan fingerprint density at radius 1 is 1.04 bits per heavy atom. The third kappa shape index (κ3) is 5.90. The van der Waals surface area contributed by atoms with E-state index in [-0.39, 0.29) is 17.6 Å². The SMILES string of the molecule is O=C(CSc1ncccc1C(=O)NCc1cccnc1)Nc1ccc(Br)cc1. The maximum Gasteiger partial charge on any atom is 0.254 e. The number of carbonyl (C=O) groups is 2. The highest BCUT2D eigenvalue weighted by molar-refractivity contribution is 9.10. The van der Waals surface area contributed by atoms with Crippen LogP contribution >= 0.6 is 27.7 Å². The summed E-state index contributed by atoms with van der Waals surface area (Å²) in [5, 5.41) is 6.18. The maximum atomic E-state index is 12.5. The van der Waals surface area contributed by atoms with Crippen molar-refractivity contribution in [3.63, 3.8) is 0 Å². The predicted molar refractivity (Wildman–Crippen MR) is 113 cm³/mol. The number of aromatic nitrogens is 2. The average Bonchev–Trinajstić information content (AvgIpc) is 2.73. The Balaban J connectivity index is 1.57. The van der Waals surface area contributed by atoms with Crippen molar-refractivity contribution in [3.05, 3.63) is 82.7 Å². The van der Waals surface area contributed by atoms with Gasteiger partial charge >= 0.3 is 0 Å². The number of thioether (sulfide) groups is 1. The number of carbonyl (C=O) groups excluding carboxylic acids is 2. The average molecular weight is 457 g/mol. The molecule has 3 aromatic rings. The van der Waals surface area contributed by atoms with Gasteiger partial charge < -0.3 is 10.6 Å². The van der Waals surface area contributed by atoms with Crippen LogP contribution in [-0.2, 0) is 11.3 Å². The Morgan fingerprint density at radius 3 is 2.57 bits per heavy atom. The van der Waals surface area contributed by atoms with Crippen LogP contribution in [-0.4, -0.2) is 27.5 Å². The van der Waals surface area contributed by atoms with Gasteiger partial charge in [-0.1, -0.05) is 33.8 Å². The summed E-state index contributed by atoms with van der Waals surface area (Å²) < 4.78 is 0.940. The molecule has 2 heterocycles. The molecule has 0 unspecified atom stereocenters. The van der Waals surface area contributed by atoms with E-state index in [1.54, 1.807) is 30.7 Å². The summed E-state index contributed by atoms with van der Waals surface area (Å²) in [5.41, 5.74) is 2.06. The van der Waals surface area contributed by atoms with Gasteiger partial charge in [0.05, 0.1) is 11.3 Å². The quantitative estimate of drug-likeness (QED) is 0.526. The van der Waals surface area contributed by atoms with Crippen molar-refractivity contribution >= 4 is 45.2 Å². The third-order valence-corrected chi connectivity index (χ3v) is 5.19. The van der Waals surface area contributed by atoms with Crippen molar-refractivity contribution < 1.29 is 9.59 Å². The molecule has 3 rings (SSSR count). The fourth-order valence-corrected chi connectivity index (χ4v) is 3.38. The van der Waals surface area contributed by atoms with Crippen LogP contribution in [0.15, 0.2) is 76.6 Å². The van der Waals surface area contributed by atoms with E-state index in [0.29, 0.717) is 22.8 Å². The molecule has 8 heteroatoms. The van der Waals surface area contributed by atoms with Crippen molar-refractivity contribution in [2.24, 2.45) is 0 Å². The minimum atomic E-state index is -0.243. The van der Waals surface area contributed by atoms with Gasteiger partial charge in [-0.05, 0) is 48.0 Å². The molecular formula is C20H17BrN4O2S. The molecule has 0 fully saturated rings. The van der Waals surface area contributed by atoms with Crippen LogP contribution in [0.2, 0.25) is 0 Å². The molecule has 2 N–H and O–H groups in total. The monoisotopic (exact) mass is 456 g/mol. The van der Waals surface area contributed by atoms with E-state index in [2.05, 4.69) is 36.5 Å². The van der Waals surface area contributed by atoms with Gasteiger partial charge in [-0.15, -0.1) is 0 Å². The number of nitrogens with zero attached hydrogens (tertiary/aromatic N) is 2. The highest BCUT2D eigenvalue weighted by Crippen LogP contribution is 2.21. The van der Waals surface area contributed by atoms with E-state index in [9.17, 15) is 9.59 Å². The summed E-state index contributed by atoms with van der Waals surface area (Å²) in [6.07, 6.45) is 4.99. The maximum absolute atomic E-state index is 12.5. The van der Waals surface area contributed by atoms with E-state index in [1.165, 1.54) is 11.8 Å². The summed E-state index contributed by atoms with van der Waals surface area (Å²) in [6.45, 7) is 0.371. The van der Waals surface area contributed by atoms with Crippen LogP contribution in [0.3, 0.4) is 0 Å². The molecule has 0 atom stereocenters. The molecule has 0 aliphatic heterocycles. The Bertz CT molecular complexity index is 952. The highest BCUT2D eigenvalue weighted by Gasteiger charge is 2.14. The fraction of sp³-hybridized carbons (Fsp3) is 0.100. The number of benzene rings is 1. The van der Waals surface area contributed by atoms with Crippen molar-refractivity contribution in [1.82, 2.24) is 15.3 Å². The zero-order valence-corrected chi connectivity index (χ0v) is 17.2. The summed E-state index contributed by atoms with van der Waals surface area (Å²) in [7, 11) is 0. The van der Waals surface area contributed by atoms with Crippen LogP contribution < -0.4 is 10.6 Å². The van der Waals surface area contributed by atoms with Crippen molar-refractivity contribution in [1.29, 1.82) is 0 Å². The first-order valence-electron chi connectivity index (χ1n) is 8.42. The second-order valence-electron chi connectivity index (χ2n) is 5.74. The number of hydrogen-bond acceptors (Lipinski definition) is 5. The first-order chi connectivity index (χ1) is 13.6. The van der Waals surface area contributed by atoms with Gasteiger partial charge in [-0.25, -0.2) is 4.98 Å². The molecular weight excluding hydrogens is 440 g/mol. The molecule has 1 aromatic carbocycles.